The second kappa shape index (κ2) is 6.48. The minimum Gasteiger partial charge on any atom is -0.397 e. The topological polar surface area (TPSA) is 105 Å². The number of nitrogens with two attached hydrogens (primary N) is 1. The van der Waals surface area contributed by atoms with Crippen LogP contribution in [0.4, 0.5) is 23.1 Å². The molecule has 4 aromatic rings. The Morgan fingerprint density at radius 3 is 2.60 bits per heavy atom. The van der Waals surface area contributed by atoms with E-state index in [9.17, 15) is 0 Å². The SMILES string of the molecule is Nc1ccccc1Nc1nc(NCc2ccccc2)c2nc[nH]c2n1. The number of hydrogen-bond acceptors (Lipinski definition) is 6. The van der Waals surface area contributed by atoms with Crippen molar-refractivity contribution in [2.45, 2.75) is 6.54 Å². The van der Waals surface area contributed by atoms with Gasteiger partial charge in [-0.2, -0.15) is 9.97 Å². The number of aromatic amines is 1. The molecule has 0 bridgehead atoms. The fourth-order valence-electron chi connectivity index (χ4n) is 2.53. The van der Waals surface area contributed by atoms with E-state index in [1.54, 1.807) is 6.33 Å². The Bertz CT molecular complexity index is 995. The summed E-state index contributed by atoms with van der Waals surface area (Å²) in [7, 11) is 0. The maximum Gasteiger partial charge on any atom is 0.231 e. The van der Waals surface area contributed by atoms with Crippen LogP contribution in [0.3, 0.4) is 0 Å². The van der Waals surface area contributed by atoms with Crippen molar-refractivity contribution < 1.29 is 0 Å². The number of nitrogen functional groups attached to an aromatic ring is 1. The van der Waals surface area contributed by atoms with E-state index in [1.165, 1.54) is 0 Å². The number of hydrogen-bond donors (Lipinski definition) is 4. The standard InChI is InChI=1S/C18H17N7/c19-13-8-4-5-9-14(13)23-18-24-16(15-17(25-18)22-11-21-15)20-10-12-6-2-1-3-7-12/h1-9,11H,10,19H2,(H3,20,21,22,23,24,25). The molecule has 7 nitrogen and oxygen atoms in total. The Hall–Kier alpha value is -3.61. The molecule has 0 saturated carbocycles. The van der Waals surface area contributed by atoms with Gasteiger partial charge in [-0.3, -0.25) is 0 Å². The summed E-state index contributed by atoms with van der Waals surface area (Å²) in [6, 6.07) is 17.6. The summed E-state index contributed by atoms with van der Waals surface area (Å²) in [5.74, 6) is 1.11. The molecule has 0 aliphatic carbocycles. The molecular formula is C18H17N7. The van der Waals surface area contributed by atoms with Gasteiger partial charge in [0, 0.05) is 6.54 Å². The number of rotatable bonds is 5. The van der Waals surface area contributed by atoms with Crippen LogP contribution < -0.4 is 16.4 Å². The molecule has 5 N–H and O–H groups in total. The van der Waals surface area contributed by atoms with Gasteiger partial charge in [-0.15, -0.1) is 0 Å². The van der Waals surface area contributed by atoms with E-state index in [1.807, 2.05) is 42.5 Å². The number of para-hydroxylation sites is 2. The average molecular weight is 331 g/mol. The van der Waals surface area contributed by atoms with Gasteiger partial charge in [0.2, 0.25) is 5.95 Å². The number of H-pyrrole nitrogens is 1. The first-order valence-electron chi connectivity index (χ1n) is 7.90. The Balaban J connectivity index is 1.64. The molecule has 2 heterocycles. The van der Waals surface area contributed by atoms with Gasteiger partial charge < -0.3 is 21.4 Å². The molecule has 0 spiro atoms. The largest absolute Gasteiger partial charge is 0.397 e. The zero-order valence-corrected chi connectivity index (χ0v) is 13.4. The van der Waals surface area contributed by atoms with Gasteiger partial charge in [0.25, 0.3) is 0 Å². The van der Waals surface area contributed by atoms with E-state index in [-0.39, 0.29) is 0 Å². The van der Waals surface area contributed by atoms with Crippen molar-refractivity contribution in [1.82, 2.24) is 19.9 Å². The van der Waals surface area contributed by atoms with Crippen LogP contribution in [0, 0.1) is 0 Å². The predicted molar refractivity (Wildman–Crippen MR) is 99.6 cm³/mol. The molecule has 124 valence electrons. The number of anilines is 4. The zero-order chi connectivity index (χ0) is 17.1. The van der Waals surface area contributed by atoms with Gasteiger partial charge in [0.1, 0.15) is 5.52 Å². The van der Waals surface area contributed by atoms with Crippen LogP contribution >= 0.6 is 0 Å². The highest BCUT2D eigenvalue weighted by atomic mass is 15.2. The maximum atomic E-state index is 5.98. The van der Waals surface area contributed by atoms with E-state index in [4.69, 9.17) is 5.73 Å². The molecule has 2 aromatic carbocycles. The smallest absolute Gasteiger partial charge is 0.231 e. The first kappa shape index (κ1) is 14.9. The first-order chi connectivity index (χ1) is 12.3. The van der Waals surface area contributed by atoms with Crippen LogP contribution in [0.5, 0.6) is 0 Å². The van der Waals surface area contributed by atoms with E-state index < -0.39 is 0 Å². The van der Waals surface area contributed by atoms with Gasteiger partial charge in [0.15, 0.2) is 11.5 Å². The number of benzene rings is 2. The normalized spacial score (nSPS) is 10.7. The first-order valence-corrected chi connectivity index (χ1v) is 7.90. The van der Waals surface area contributed by atoms with E-state index in [2.05, 4.69) is 42.7 Å². The quantitative estimate of drug-likeness (QED) is 0.418. The Morgan fingerprint density at radius 2 is 1.76 bits per heavy atom. The van der Waals surface area contributed by atoms with Crippen molar-refractivity contribution in [1.29, 1.82) is 0 Å². The summed E-state index contributed by atoms with van der Waals surface area (Å²) in [5, 5.41) is 6.48. The Kier molecular flexibility index (Phi) is 3.88. The van der Waals surface area contributed by atoms with Crippen LogP contribution in [0.2, 0.25) is 0 Å². The second-order valence-corrected chi connectivity index (χ2v) is 5.55. The molecule has 0 amide bonds. The Labute approximate surface area is 144 Å². The predicted octanol–water partition coefficient (Wildman–Crippen LogP) is 3.29. The lowest BCUT2D eigenvalue weighted by molar-refractivity contribution is 1.10. The minimum absolute atomic E-state index is 0.449. The number of aromatic nitrogens is 4. The number of imidazole rings is 1. The average Bonchev–Trinajstić information content (AvgIpc) is 3.11. The highest BCUT2D eigenvalue weighted by Crippen LogP contribution is 2.24. The molecular weight excluding hydrogens is 314 g/mol. The third-order valence-electron chi connectivity index (χ3n) is 3.79. The molecule has 0 fully saturated rings. The van der Waals surface area contributed by atoms with Crippen molar-refractivity contribution >= 4 is 34.3 Å². The molecule has 7 heteroatoms. The monoisotopic (exact) mass is 331 g/mol. The van der Waals surface area contributed by atoms with E-state index in [0.717, 1.165) is 11.3 Å². The van der Waals surface area contributed by atoms with Crippen molar-refractivity contribution in [3.05, 3.63) is 66.5 Å². The van der Waals surface area contributed by atoms with Gasteiger partial charge in [-0.1, -0.05) is 42.5 Å². The van der Waals surface area contributed by atoms with Gasteiger partial charge in [0.05, 0.1) is 17.7 Å². The Morgan fingerprint density at radius 1 is 0.960 bits per heavy atom. The van der Waals surface area contributed by atoms with Gasteiger partial charge >= 0.3 is 0 Å². The lowest BCUT2D eigenvalue weighted by atomic mass is 10.2. The highest BCUT2D eigenvalue weighted by Gasteiger charge is 2.11. The summed E-state index contributed by atoms with van der Waals surface area (Å²) in [5.41, 5.74) is 9.88. The molecule has 4 rings (SSSR count). The zero-order valence-electron chi connectivity index (χ0n) is 13.4. The molecule has 0 aliphatic rings. The van der Waals surface area contributed by atoms with E-state index in [0.29, 0.717) is 35.2 Å². The number of nitrogens with zero attached hydrogens (tertiary/aromatic N) is 3. The molecule has 0 radical (unpaired) electrons. The summed E-state index contributed by atoms with van der Waals surface area (Å²) in [6.45, 7) is 0.646. The lowest BCUT2D eigenvalue weighted by Gasteiger charge is -2.10. The second-order valence-electron chi connectivity index (χ2n) is 5.55. The van der Waals surface area contributed by atoms with Crippen LogP contribution in [0.15, 0.2) is 60.9 Å². The van der Waals surface area contributed by atoms with Crippen molar-refractivity contribution in [2.24, 2.45) is 0 Å². The molecule has 0 aliphatic heterocycles. The van der Waals surface area contributed by atoms with E-state index >= 15 is 0 Å². The van der Waals surface area contributed by atoms with Crippen LogP contribution in [0.25, 0.3) is 11.2 Å². The molecule has 25 heavy (non-hydrogen) atoms. The van der Waals surface area contributed by atoms with Gasteiger partial charge in [-0.05, 0) is 17.7 Å². The molecule has 0 unspecified atom stereocenters. The summed E-state index contributed by atoms with van der Waals surface area (Å²) in [6.07, 6.45) is 1.60. The number of nitrogens with one attached hydrogen (secondary N) is 3. The van der Waals surface area contributed by atoms with Crippen molar-refractivity contribution in [2.75, 3.05) is 16.4 Å². The third-order valence-corrected chi connectivity index (χ3v) is 3.79. The van der Waals surface area contributed by atoms with Crippen molar-refractivity contribution in [3.63, 3.8) is 0 Å². The van der Waals surface area contributed by atoms with Crippen LogP contribution in [-0.4, -0.2) is 19.9 Å². The fraction of sp³-hybridized carbons (Fsp3) is 0.0556. The summed E-state index contributed by atoms with van der Waals surface area (Å²) in [4.78, 5) is 16.3. The van der Waals surface area contributed by atoms with Gasteiger partial charge in [-0.25, -0.2) is 4.98 Å². The highest BCUT2D eigenvalue weighted by molar-refractivity contribution is 5.84. The summed E-state index contributed by atoms with van der Waals surface area (Å²) >= 11 is 0. The maximum absolute atomic E-state index is 5.98. The van der Waals surface area contributed by atoms with Crippen LogP contribution in [-0.2, 0) is 6.54 Å². The van der Waals surface area contributed by atoms with Crippen molar-refractivity contribution in [3.8, 4) is 0 Å². The molecule has 2 aromatic heterocycles. The summed E-state index contributed by atoms with van der Waals surface area (Å²) < 4.78 is 0. The number of fused-ring (bicyclic) bond motifs is 1. The minimum atomic E-state index is 0.449. The third kappa shape index (κ3) is 3.20. The molecule has 0 saturated heterocycles. The molecule has 0 atom stereocenters. The van der Waals surface area contributed by atoms with Crippen LogP contribution in [0.1, 0.15) is 5.56 Å². The lowest BCUT2D eigenvalue weighted by Crippen LogP contribution is -2.06. The fourth-order valence-corrected chi connectivity index (χ4v) is 2.53.